The van der Waals surface area contributed by atoms with Crippen molar-refractivity contribution in [2.24, 2.45) is 4.47 Å². The predicted molar refractivity (Wildman–Crippen MR) is 118 cm³/mol. The van der Waals surface area contributed by atoms with E-state index in [1.165, 1.54) is 60.7 Å². The third-order valence-electron chi connectivity index (χ3n) is 4.04. The standard InChI is InChI=1S/C20H17N5O6S2/c26-19(16-10-4-1-5-11-16)21-25(23-33(30,31)18-14-8-3-9-15-18)20(27)24(22-32(28)29)17-12-6-2-7-13-17/h1-15,23H,(H,21,26). The molecule has 0 saturated carbocycles. The molecule has 0 fully saturated rings. The molecule has 0 heterocycles. The fourth-order valence-corrected chi connectivity index (χ4v) is 3.84. The fraction of sp³-hybridized carbons (Fsp3) is 0. The summed E-state index contributed by atoms with van der Waals surface area (Å²) in [5, 5.41) is 0.670. The van der Waals surface area contributed by atoms with Crippen molar-refractivity contribution < 1.29 is 26.4 Å². The van der Waals surface area contributed by atoms with Crippen LogP contribution in [-0.2, 0) is 20.5 Å². The molecule has 3 amide bonds. The van der Waals surface area contributed by atoms with Crippen LogP contribution in [0.15, 0.2) is 100 Å². The maximum Gasteiger partial charge on any atom is 0.380 e. The summed E-state index contributed by atoms with van der Waals surface area (Å²) >= 11 is 0. The monoisotopic (exact) mass is 487 g/mol. The number of nitrogens with one attached hydrogen (secondary N) is 2. The van der Waals surface area contributed by atoms with Gasteiger partial charge in [-0.2, -0.15) is 13.4 Å². The third-order valence-corrected chi connectivity index (χ3v) is 5.65. The molecule has 3 aromatic carbocycles. The van der Waals surface area contributed by atoms with Crippen LogP contribution in [0.25, 0.3) is 0 Å². The molecule has 11 nitrogen and oxygen atoms in total. The number of amides is 3. The third kappa shape index (κ3) is 6.22. The highest BCUT2D eigenvalue weighted by molar-refractivity contribution is 7.89. The van der Waals surface area contributed by atoms with Crippen molar-refractivity contribution in [2.75, 3.05) is 5.01 Å². The second-order valence-electron chi connectivity index (χ2n) is 6.28. The maximum atomic E-state index is 13.2. The van der Waals surface area contributed by atoms with Crippen LogP contribution in [-0.4, -0.2) is 33.9 Å². The Bertz CT molecular complexity index is 1360. The molecule has 0 unspecified atom stereocenters. The van der Waals surface area contributed by atoms with Gasteiger partial charge in [-0.3, -0.25) is 4.79 Å². The number of nitrogens with zero attached hydrogens (tertiary/aromatic N) is 3. The van der Waals surface area contributed by atoms with Crippen molar-refractivity contribution in [2.45, 2.75) is 4.90 Å². The first-order valence-corrected chi connectivity index (χ1v) is 11.7. The number of urea groups is 1. The number of sulfonamides is 1. The van der Waals surface area contributed by atoms with E-state index < -0.39 is 32.5 Å². The average Bonchev–Trinajstić information content (AvgIpc) is 2.83. The lowest BCUT2D eigenvalue weighted by Crippen LogP contribution is -2.59. The molecule has 0 aromatic heterocycles. The van der Waals surface area contributed by atoms with E-state index in [2.05, 4.69) is 9.90 Å². The van der Waals surface area contributed by atoms with Gasteiger partial charge in [0.05, 0.1) is 10.6 Å². The van der Waals surface area contributed by atoms with E-state index in [0.717, 1.165) is 0 Å². The lowest BCUT2D eigenvalue weighted by molar-refractivity contribution is 0.0806. The molecule has 0 radical (unpaired) electrons. The Labute approximate surface area is 190 Å². The van der Waals surface area contributed by atoms with Crippen LogP contribution in [0, 0.1) is 0 Å². The van der Waals surface area contributed by atoms with E-state index in [1.54, 1.807) is 30.3 Å². The van der Waals surface area contributed by atoms with Gasteiger partial charge in [-0.15, -0.1) is 5.12 Å². The Balaban J connectivity index is 2.01. The van der Waals surface area contributed by atoms with Crippen LogP contribution in [0.5, 0.6) is 0 Å². The van der Waals surface area contributed by atoms with E-state index in [9.17, 15) is 26.4 Å². The number of benzene rings is 3. The highest BCUT2D eigenvalue weighted by Crippen LogP contribution is 2.16. The summed E-state index contributed by atoms with van der Waals surface area (Å²) in [5.41, 5.74) is 2.25. The van der Waals surface area contributed by atoms with Gasteiger partial charge in [0, 0.05) is 5.56 Å². The summed E-state index contributed by atoms with van der Waals surface area (Å²) in [4.78, 5) is 27.6. The Morgan fingerprint density at radius 2 is 1.30 bits per heavy atom. The Hall–Kier alpha value is -4.07. The zero-order chi connectivity index (χ0) is 23.8. The lowest BCUT2D eigenvalue weighted by atomic mass is 10.2. The minimum absolute atomic E-state index is 0.00423. The smallest absolute Gasteiger partial charge is 0.267 e. The van der Waals surface area contributed by atoms with E-state index >= 15 is 0 Å². The number of carbonyl (C=O) groups excluding carboxylic acids is 2. The molecule has 3 rings (SSSR count). The molecular weight excluding hydrogens is 470 g/mol. The second kappa shape index (κ2) is 10.5. The van der Waals surface area contributed by atoms with E-state index in [0.29, 0.717) is 5.01 Å². The van der Waals surface area contributed by atoms with Gasteiger partial charge in [0.15, 0.2) is 0 Å². The normalized spacial score (nSPS) is 10.7. The number of rotatable bonds is 6. The summed E-state index contributed by atoms with van der Waals surface area (Å²) in [6.45, 7) is 0. The highest BCUT2D eigenvalue weighted by atomic mass is 32.2. The Morgan fingerprint density at radius 3 is 1.85 bits per heavy atom. The molecule has 33 heavy (non-hydrogen) atoms. The van der Waals surface area contributed by atoms with Gasteiger partial charge >= 0.3 is 16.5 Å². The molecule has 2 N–H and O–H groups in total. The average molecular weight is 488 g/mol. The molecule has 3 aromatic rings. The summed E-state index contributed by atoms with van der Waals surface area (Å²) < 4.78 is 51.4. The van der Waals surface area contributed by atoms with Crippen LogP contribution in [0.3, 0.4) is 0 Å². The highest BCUT2D eigenvalue weighted by Gasteiger charge is 2.30. The van der Waals surface area contributed by atoms with Crippen molar-refractivity contribution in [1.29, 1.82) is 0 Å². The van der Waals surface area contributed by atoms with Gasteiger partial charge in [-0.25, -0.2) is 18.6 Å². The molecule has 0 aliphatic carbocycles. The number of hydrogen-bond donors (Lipinski definition) is 2. The van der Waals surface area contributed by atoms with Crippen LogP contribution < -0.4 is 15.3 Å². The fourth-order valence-electron chi connectivity index (χ4n) is 2.56. The first-order valence-electron chi connectivity index (χ1n) is 9.22. The number of hydrazine groups is 2. The van der Waals surface area contributed by atoms with Crippen LogP contribution in [0.1, 0.15) is 10.4 Å². The predicted octanol–water partition coefficient (Wildman–Crippen LogP) is 2.13. The molecule has 0 bridgehead atoms. The van der Waals surface area contributed by atoms with Crippen molar-refractivity contribution in [3.63, 3.8) is 0 Å². The lowest BCUT2D eigenvalue weighted by Gasteiger charge is -2.26. The zero-order valence-electron chi connectivity index (χ0n) is 16.8. The molecule has 0 spiro atoms. The van der Waals surface area contributed by atoms with Crippen LogP contribution >= 0.6 is 0 Å². The number of hydrogen-bond acceptors (Lipinski definition) is 7. The number of carbonyl (C=O) groups is 2. The van der Waals surface area contributed by atoms with Crippen molar-refractivity contribution >= 4 is 38.1 Å². The zero-order valence-corrected chi connectivity index (χ0v) is 18.4. The minimum atomic E-state index is -4.36. The van der Waals surface area contributed by atoms with Gasteiger partial charge in [0.25, 0.3) is 15.9 Å². The number of anilines is 1. The van der Waals surface area contributed by atoms with Gasteiger partial charge in [0.2, 0.25) is 0 Å². The molecule has 13 heteroatoms. The maximum absolute atomic E-state index is 13.2. The first kappa shape index (κ1) is 23.6. The van der Waals surface area contributed by atoms with Crippen LogP contribution in [0.2, 0.25) is 0 Å². The minimum Gasteiger partial charge on any atom is -0.267 e. The van der Waals surface area contributed by atoms with Gasteiger partial charge in [-0.1, -0.05) is 59.4 Å². The van der Waals surface area contributed by atoms with E-state index in [4.69, 9.17) is 0 Å². The molecule has 0 aliphatic heterocycles. The molecule has 170 valence electrons. The summed E-state index contributed by atoms with van der Waals surface area (Å²) in [7, 11) is -7.44. The molecular formula is C20H17N5O6S2. The SMILES string of the molecule is O=C(NN(NS(=O)(=O)c1ccccc1)C(=O)N(N=S(=O)=O)c1ccccc1)c1ccccc1. The second-order valence-corrected chi connectivity index (χ2v) is 8.54. The first-order chi connectivity index (χ1) is 15.8. The molecule has 0 aliphatic rings. The summed E-state index contributed by atoms with van der Waals surface area (Å²) in [5.74, 6) is -0.837. The number of para-hydroxylation sites is 1. The van der Waals surface area contributed by atoms with Crippen molar-refractivity contribution in [3.8, 4) is 0 Å². The van der Waals surface area contributed by atoms with Gasteiger partial charge < -0.3 is 0 Å². The van der Waals surface area contributed by atoms with Gasteiger partial charge in [-0.05, 0) is 40.9 Å². The Kier molecular flexibility index (Phi) is 7.50. The van der Waals surface area contributed by atoms with Gasteiger partial charge in [0.1, 0.15) is 0 Å². The Morgan fingerprint density at radius 1 is 0.788 bits per heavy atom. The van der Waals surface area contributed by atoms with Crippen LogP contribution in [0.4, 0.5) is 10.5 Å². The van der Waals surface area contributed by atoms with E-state index in [-0.39, 0.29) is 21.3 Å². The largest absolute Gasteiger partial charge is 0.380 e. The summed E-state index contributed by atoms with van der Waals surface area (Å²) in [6.07, 6.45) is 0. The van der Waals surface area contributed by atoms with Crippen molar-refractivity contribution in [1.82, 2.24) is 15.4 Å². The molecule has 0 saturated heterocycles. The molecule has 0 atom stereocenters. The van der Waals surface area contributed by atoms with Crippen molar-refractivity contribution in [3.05, 3.63) is 96.6 Å². The topological polar surface area (TPSA) is 145 Å². The summed E-state index contributed by atoms with van der Waals surface area (Å²) in [6, 6.07) is 20.8. The quantitative estimate of drug-likeness (QED) is 0.510. The van der Waals surface area contributed by atoms with E-state index in [1.807, 2.05) is 4.83 Å².